The van der Waals surface area contributed by atoms with E-state index in [2.05, 4.69) is 33.8 Å². The molecule has 0 aromatic heterocycles. The number of aromatic hydroxyl groups is 1. The summed E-state index contributed by atoms with van der Waals surface area (Å²) >= 11 is 0. The predicted molar refractivity (Wildman–Crippen MR) is 72.5 cm³/mol. The molecule has 0 bridgehead atoms. The summed E-state index contributed by atoms with van der Waals surface area (Å²) in [7, 11) is 0. The van der Waals surface area contributed by atoms with Crippen LogP contribution in [-0.2, 0) is 0 Å². The number of para-hydroxylation sites is 1. The molecular weight excluding hydrogens is 208 g/mol. The van der Waals surface area contributed by atoms with Gasteiger partial charge in [0, 0.05) is 5.56 Å². The number of benzene rings is 2. The van der Waals surface area contributed by atoms with Crippen LogP contribution >= 0.6 is 0 Å². The van der Waals surface area contributed by atoms with Crippen LogP contribution < -0.4 is 0 Å². The quantitative estimate of drug-likeness (QED) is 0.769. The van der Waals surface area contributed by atoms with Gasteiger partial charge in [0.2, 0.25) is 0 Å². The first-order valence-corrected chi connectivity index (χ1v) is 5.88. The molecule has 0 spiro atoms. The van der Waals surface area contributed by atoms with Gasteiger partial charge in [0.05, 0.1) is 0 Å². The highest BCUT2D eigenvalue weighted by Gasteiger charge is 2.12. The lowest BCUT2D eigenvalue weighted by Gasteiger charge is -2.16. The molecule has 0 radical (unpaired) electrons. The van der Waals surface area contributed by atoms with Gasteiger partial charge in [-0.25, -0.2) is 0 Å². The number of phenolic OH excluding ortho intramolecular Hbond substituents is 1. The summed E-state index contributed by atoms with van der Waals surface area (Å²) in [6.45, 7) is 8.48. The van der Waals surface area contributed by atoms with Gasteiger partial charge in [-0.3, -0.25) is 0 Å². The van der Waals surface area contributed by atoms with Crippen LogP contribution in [0.2, 0.25) is 0 Å². The second-order valence-corrected chi connectivity index (χ2v) is 4.65. The fourth-order valence-corrected chi connectivity index (χ4v) is 2.38. The first-order valence-electron chi connectivity index (χ1n) is 5.88. The van der Waals surface area contributed by atoms with Crippen LogP contribution in [0.15, 0.2) is 30.3 Å². The molecule has 0 heterocycles. The monoisotopic (exact) mass is 226 g/mol. The van der Waals surface area contributed by atoms with Crippen molar-refractivity contribution in [1.29, 1.82) is 0 Å². The Morgan fingerprint density at radius 2 is 1.47 bits per heavy atom. The Morgan fingerprint density at radius 1 is 0.824 bits per heavy atom. The van der Waals surface area contributed by atoms with Crippen molar-refractivity contribution >= 4 is 0 Å². The van der Waals surface area contributed by atoms with E-state index in [9.17, 15) is 5.11 Å². The van der Waals surface area contributed by atoms with E-state index >= 15 is 0 Å². The van der Waals surface area contributed by atoms with Crippen molar-refractivity contribution in [2.75, 3.05) is 0 Å². The van der Waals surface area contributed by atoms with Gasteiger partial charge in [-0.15, -0.1) is 0 Å². The lowest BCUT2D eigenvalue weighted by Crippen LogP contribution is -1.95. The Hall–Kier alpha value is -1.76. The van der Waals surface area contributed by atoms with Crippen LogP contribution in [0.3, 0.4) is 0 Å². The SMILES string of the molecule is Cc1cc(C)c(-c2ccccc2O)c(C)c1C. The van der Waals surface area contributed by atoms with Gasteiger partial charge in [-0.1, -0.05) is 24.3 Å². The van der Waals surface area contributed by atoms with Crippen LogP contribution in [0, 0.1) is 27.7 Å². The minimum atomic E-state index is 0.349. The molecule has 2 aromatic rings. The number of rotatable bonds is 1. The topological polar surface area (TPSA) is 20.2 Å². The maximum atomic E-state index is 9.97. The maximum absolute atomic E-state index is 9.97. The van der Waals surface area contributed by atoms with Crippen molar-refractivity contribution in [2.45, 2.75) is 27.7 Å². The molecule has 0 saturated carbocycles. The van der Waals surface area contributed by atoms with Crippen molar-refractivity contribution in [3.63, 3.8) is 0 Å². The Kier molecular flexibility index (Phi) is 2.93. The van der Waals surface area contributed by atoms with E-state index in [1.54, 1.807) is 6.07 Å². The largest absolute Gasteiger partial charge is 0.507 e. The van der Waals surface area contributed by atoms with Crippen molar-refractivity contribution < 1.29 is 5.11 Å². The van der Waals surface area contributed by atoms with Crippen molar-refractivity contribution in [3.05, 3.63) is 52.6 Å². The average Bonchev–Trinajstić information content (AvgIpc) is 2.29. The summed E-state index contributed by atoms with van der Waals surface area (Å²) in [5.41, 5.74) is 7.15. The molecular formula is C16H18O. The smallest absolute Gasteiger partial charge is 0.123 e. The van der Waals surface area contributed by atoms with Crippen LogP contribution in [-0.4, -0.2) is 5.11 Å². The van der Waals surface area contributed by atoms with E-state index < -0.39 is 0 Å². The predicted octanol–water partition coefficient (Wildman–Crippen LogP) is 4.29. The molecule has 0 aliphatic heterocycles. The average molecular weight is 226 g/mol. The minimum Gasteiger partial charge on any atom is -0.507 e. The molecule has 0 unspecified atom stereocenters. The van der Waals surface area contributed by atoms with E-state index in [1.807, 2.05) is 18.2 Å². The molecule has 17 heavy (non-hydrogen) atoms. The van der Waals surface area contributed by atoms with Gasteiger partial charge in [0.25, 0.3) is 0 Å². The van der Waals surface area contributed by atoms with E-state index in [4.69, 9.17) is 0 Å². The van der Waals surface area contributed by atoms with Crippen LogP contribution in [0.4, 0.5) is 0 Å². The standard InChI is InChI=1S/C16H18O/c1-10-9-11(2)16(13(4)12(10)3)14-7-5-6-8-15(14)17/h5-9,17H,1-4H3. The summed E-state index contributed by atoms with van der Waals surface area (Å²) in [6, 6.07) is 9.71. The third-order valence-electron chi connectivity index (χ3n) is 3.53. The van der Waals surface area contributed by atoms with Crippen molar-refractivity contribution in [2.24, 2.45) is 0 Å². The summed E-state index contributed by atoms with van der Waals surface area (Å²) < 4.78 is 0. The van der Waals surface area contributed by atoms with Crippen LogP contribution in [0.25, 0.3) is 11.1 Å². The molecule has 1 nitrogen and oxygen atoms in total. The molecule has 88 valence electrons. The molecule has 0 aliphatic rings. The second-order valence-electron chi connectivity index (χ2n) is 4.65. The fourth-order valence-electron chi connectivity index (χ4n) is 2.38. The number of aryl methyl sites for hydroxylation is 2. The Bertz CT molecular complexity index is 568. The zero-order chi connectivity index (χ0) is 12.6. The van der Waals surface area contributed by atoms with Gasteiger partial charge in [-0.2, -0.15) is 0 Å². The third kappa shape index (κ3) is 1.93. The normalized spacial score (nSPS) is 10.6. The van der Waals surface area contributed by atoms with Gasteiger partial charge in [-0.05, 0) is 61.6 Å². The number of phenols is 1. The molecule has 0 atom stereocenters. The summed E-state index contributed by atoms with van der Waals surface area (Å²) in [6.07, 6.45) is 0. The van der Waals surface area contributed by atoms with Gasteiger partial charge < -0.3 is 5.11 Å². The zero-order valence-corrected chi connectivity index (χ0v) is 10.8. The van der Waals surface area contributed by atoms with E-state index in [0.29, 0.717) is 5.75 Å². The molecule has 2 rings (SSSR count). The molecule has 0 amide bonds. The highest BCUT2D eigenvalue weighted by molar-refractivity contribution is 5.77. The highest BCUT2D eigenvalue weighted by Crippen LogP contribution is 2.35. The molecule has 1 heteroatoms. The highest BCUT2D eigenvalue weighted by atomic mass is 16.3. The maximum Gasteiger partial charge on any atom is 0.123 e. The first-order chi connectivity index (χ1) is 8.02. The molecule has 2 aromatic carbocycles. The molecule has 0 fully saturated rings. The Morgan fingerprint density at radius 3 is 2.12 bits per heavy atom. The number of hydrogen-bond donors (Lipinski definition) is 1. The second kappa shape index (κ2) is 4.25. The van der Waals surface area contributed by atoms with Crippen molar-refractivity contribution in [3.8, 4) is 16.9 Å². The van der Waals surface area contributed by atoms with Gasteiger partial charge in [0.1, 0.15) is 5.75 Å². The molecule has 1 N–H and O–H groups in total. The van der Waals surface area contributed by atoms with Crippen LogP contribution in [0.5, 0.6) is 5.75 Å². The summed E-state index contributed by atoms with van der Waals surface area (Å²) in [4.78, 5) is 0. The first kappa shape index (κ1) is 11.7. The van der Waals surface area contributed by atoms with Gasteiger partial charge in [0.15, 0.2) is 0 Å². The lowest BCUT2D eigenvalue weighted by atomic mass is 9.90. The molecule has 0 aliphatic carbocycles. The van der Waals surface area contributed by atoms with E-state index in [0.717, 1.165) is 11.1 Å². The van der Waals surface area contributed by atoms with E-state index in [-0.39, 0.29) is 0 Å². The van der Waals surface area contributed by atoms with Crippen LogP contribution in [0.1, 0.15) is 22.3 Å². The molecule has 0 saturated heterocycles. The number of hydrogen-bond acceptors (Lipinski definition) is 1. The van der Waals surface area contributed by atoms with E-state index in [1.165, 1.54) is 22.3 Å². The third-order valence-corrected chi connectivity index (χ3v) is 3.53. The van der Waals surface area contributed by atoms with Crippen molar-refractivity contribution in [1.82, 2.24) is 0 Å². The lowest BCUT2D eigenvalue weighted by molar-refractivity contribution is 0.477. The summed E-state index contributed by atoms with van der Waals surface area (Å²) in [5, 5.41) is 9.97. The van der Waals surface area contributed by atoms with Gasteiger partial charge >= 0.3 is 0 Å². The minimum absolute atomic E-state index is 0.349. The summed E-state index contributed by atoms with van der Waals surface area (Å²) in [5.74, 6) is 0.349. The Labute approximate surface area is 103 Å². The zero-order valence-electron chi connectivity index (χ0n) is 10.8. The fraction of sp³-hybridized carbons (Fsp3) is 0.250. The Balaban J connectivity index is 2.77.